The molecule has 0 heterocycles. The van der Waals surface area contributed by atoms with Crippen molar-refractivity contribution < 1.29 is 19.1 Å². The summed E-state index contributed by atoms with van der Waals surface area (Å²) in [6.07, 6.45) is 7.37. The van der Waals surface area contributed by atoms with Gasteiger partial charge >= 0.3 is 6.09 Å². The highest BCUT2D eigenvalue weighted by molar-refractivity contribution is 5.96. The van der Waals surface area contributed by atoms with Gasteiger partial charge in [0.15, 0.2) is 11.6 Å². The molecule has 2 aliphatic carbocycles. The normalized spacial score (nSPS) is 20.6. The van der Waals surface area contributed by atoms with Crippen molar-refractivity contribution in [3.63, 3.8) is 0 Å². The third-order valence-electron chi connectivity index (χ3n) is 5.20. The van der Waals surface area contributed by atoms with Gasteiger partial charge in [-0.05, 0) is 17.9 Å². The number of benzene rings is 1. The van der Waals surface area contributed by atoms with Gasteiger partial charge in [0.05, 0.1) is 6.04 Å². The summed E-state index contributed by atoms with van der Waals surface area (Å²) in [5.74, 6) is 0.778. The second-order valence-electron chi connectivity index (χ2n) is 7.11. The molecular weight excluding hydrogens is 318 g/mol. The number of Topliss-reactive ketones (excluding diaryl/α,β-unsaturated/α-hetero) is 2. The van der Waals surface area contributed by atoms with E-state index in [4.69, 9.17) is 4.74 Å². The van der Waals surface area contributed by atoms with E-state index >= 15 is 0 Å². The van der Waals surface area contributed by atoms with Gasteiger partial charge in [0.1, 0.15) is 6.61 Å². The summed E-state index contributed by atoms with van der Waals surface area (Å²) >= 11 is 0. The van der Waals surface area contributed by atoms with E-state index in [-0.39, 0.29) is 24.2 Å². The minimum absolute atomic E-state index is 0.0535. The van der Waals surface area contributed by atoms with Crippen molar-refractivity contribution in [2.24, 2.45) is 5.92 Å². The summed E-state index contributed by atoms with van der Waals surface area (Å²) in [7, 11) is 0. The lowest BCUT2D eigenvalue weighted by atomic mass is 9.85. The molecule has 0 unspecified atom stereocenters. The summed E-state index contributed by atoms with van der Waals surface area (Å²) in [4.78, 5) is 35.2. The number of amides is 1. The molecule has 0 spiro atoms. The fourth-order valence-electron chi connectivity index (χ4n) is 3.45. The van der Waals surface area contributed by atoms with Crippen LogP contribution in [-0.2, 0) is 16.1 Å². The number of carbonyl (C=O) groups excluding carboxylic acids is 3. The second-order valence-corrected chi connectivity index (χ2v) is 7.11. The predicted molar refractivity (Wildman–Crippen MR) is 93.3 cm³/mol. The van der Waals surface area contributed by atoms with Crippen molar-refractivity contribution in [1.82, 2.24) is 5.32 Å². The van der Waals surface area contributed by atoms with Gasteiger partial charge in [-0.15, -0.1) is 0 Å². The molecule has 1 N–H and O–H groups in total. The van der Waals surface area contributed by atoms with Crippen LogP contribution >= 0.6 is 0 Å². The topological polar surface area (TPSA) is 72.5 Å². The van der Waals surface area contributed by atoms with Gasteiger partial charge in [-0.2, -0.15) is 0 Å². The van der Waals surface area contributed by atoms with E-state index in [0.717, 1.165) is 24.0 Å². The Kier molecular flexibility index (Phi) is 5.84. The Morgan fingerprint density at radius 3 is 2.36 bits per heavy atom. The first-order valence-corrected chi connectivity index (χ1v) is 9.20. The van der Waals surface area contributed by atoms with Gasteiger partial charge in [-0.1, -0.05) is 56.4 Å². The molecule has 1 aromatic rings. The number of carbonyl (C=O) groups is 3. The summed E-state index contributed by atoms with van der Waals surface area (Å²) in [6, 6.07) is 6.85. The van der Waals surface area contributed by atoms with E-state index in [9.17, 15) is 14.4 Å². The molecule has 2 saturated carbocycles. The number of rotatable bonds is 6. The molecule has 5 nitrogen and oxygen atoms in total. The Labute approximate surface area is 148 Å². The molecule has 0 aromatic heterocycles. The molecule has 134 valence electrons. The average molecular weight is 343 g/mol. The summed E-state index contributed by atoms with van der Waals surface area (Å²) in [5.41, 5.74) is 1.54. The molecule has 0 bridgehead atoms. The predicted octanol–water partition coefficient (Wildman–Crippen LogP) is 3.80. The summed E-state index contributed by atoms with van der Waals surface area (Å²) in [5, 5.41) is 2.55. The zero-order chi connectivity index (χ0) is 17.6. The number of nitrogens with one attached hydrogen (secondary N) is 1. The van der Waals surface area contributed by atoms with Crippen LogP contribution in [0, 0.1) is 5.92 Å². The van der Waals surface area contributed by atoms with Crippen molar-refractivity contribution in [1.29, 1.82) is 0 Å². The molecule has 2 aliphatic rings. The number of alkyl carbamates (subject to hydrolysis) is 1. The van der Waals surface area contributed by atoms with Crippen LogP contribution in [0.2, 0.25) is 0 Å². The van der Waals surface area contributed by atoms with E-state index in [1.54, 1.807) is 12.1 Å². The van der Waals surface area contributed by atoms with Crippen LogP contribution in [0.3, 0.4) is 0 Å². The van der Waals surface area contributed by atoms with Crippen molar-refractivity contribution >= 4 is 17.7 Å². The molecular formula is C20H25NO4. The summed E-state index contributed by atoms with van der Waals surface area (Å²) in [6.45, 7) is 0.129. The third-order valence-corrected chi connectivity index (χ3v) is 5.20. The molecule has 25 heavy (non-hydrogen) atoms. The first-order chi connectivity index (χ1) is 12.1. The van der Waals surface area contributed by atoms with E-state index in [1.165, 1.54) is 19.3 Å². The molecule has 1 atom stereocenters. The first kappa shape index (κ1) is 17.6. The first-order valence-electron chi connectivity index (χ1n) is 9.20. The molecule has 2 fully saturated rings. The highest BCUT2D eigenvalue weighted by atomic mass is 16.5. The van der Waals surface area contributed by atoms with Gasteiger partial charge in [0.25, 0.3) is 0 Å². The van der Waals surface area contributed by atoms with E-state index in [2.05, 4.69) is 5.32 Å². The quantitative estimate of drug-likeness (QED) is 0.798. The van der Waals surface area contributed by atoms with Crippen molar-refractivity contribution in [2.45, 2.75) is 64.0 Å². The van der Waals surface area contributed by atoms with Crippen LogP contribution < -0.4 is 5.32 Å². The third kappa shape index (κ3) is 4.91. The molecule has 0 radical (unpaired) electrons. The zero-order valence-electron chi connectivity index (χ0n) is 14.5. The minimum atomic E-state index is -0.574. The fourth-order valence-corrected chi connectivity index (χ4v) is 3.45. The van der Waals surface area contributed by atoms with Crippen molar-refractivity contribution in [3.8, 4) is 0 Å². The Balaban J connectivity index is 1.44. The Hall–Kier alpha value is -2.17. The zero-order valence-corrected chi connectivity index (χ0v) is 14.5. The van der Waals surface area contributed by atoms with Crippen LogP contribution in [0.4, 0.5) is 4.79 Å². The van der Waals surface area contributed by atoms with E-state index in [1.807, 2.05) is 12.1 Å². The standard InChI is InChI=1S/C20H25NO4/c22-18-11-10-17(18)21-20(24)25-13-15-6-8-16(9-7-15)19(23)12-14-4-2-1-3-5-14/h6-9,14,17H,1-5,10-13H2,(H,21,24)/t17-/m0/s1. The number of ether oxygens (including phenoxy) is 1. The largest absolute Gasteiger partial charge is 0.445 e. The van der Waals surface area contributed by atoms with Crippen LogP contribution in [0.25, 0.3) is 0 Å². The highest BCUT2D eigenvalue weighted by Gasteiger charge is 2.29. The monoisotopic (exact) mass is 343 g/mol. The SMILES string of the molecule is O=C(N[C@H]1CCC1=O)OCc1ccc(C(=O)CC2CCCCC2)cc1. The van der Waals surface area contributed by atoms with Crippen LogP contribution in [0.15, 0.2) is 24.3 Å². The van der Waals surface area contributed by atoms with Gasteiger partial charge < -0.3 is 10.1 Å². The molecule has 5 heteroatoms. The molecule has 1 aromatic carbocycles. The van der Waals surface area contributed by atoms with E-state index < -0.39 is 6.09 Å². The lowest BCUT2D eigenvalue weighted by molar-refractivity contribution is -0.126. The average Bonchev–Trinajstić information content (AvgIpc) is 2.64. The van der Waals surface area contributed by atoms with Gasteiger partial charge in [0.2, 0.25) is 0 Å². The lowest BCUT2D eigenvalue weighted by Gasteiger charge is -2.24. The Bertz CT molecular complexity index is 632. The van der Waals surface area contributed by atoms with Crippen molar-refractivity contribution in [3.05, 3.63) is 35.4 Å². The fraction of sp³-hybridized carbons (Fsp3) is 0.550. The van der Waals surface area contributed by atoms with Crippen LogP contribution in [-0.4, -0.2) is 23.7 Å². The number of ketones is 2. The Morgan fingerprint density at radius 2 is 1.76 bits per heavy atom. The molecule has 1 amide bonds. The molecule has 3 rings (SSSR count). The summed E-state index contributed by atoms with van der Waals surface area (Å²) < 4.78 is 5.12. The van der Waals surface area contributed by atoms with Crippen LogP contribution in [0.1, 0.15) is 67.3 Å². The maximum Gasteiger partial charge on any atom is 0.408 e. The lowest BCUT2D eigenvalue weighted by Crippen LogP contribution is -2.47. The number of hydrogen-bond donors (Lipinski definition) is 1. The minimum Gasteiger partial charge on any atom is -0.445 e. The second kappa shape index (κ2) is 8.28. The molecule has 0 aliphatic heterocycles. The van der Waals surface area contributed by atoms with E-state index in [0.29, 0.717) is 25.2 Å². The molecule has 0 saturated heterocycles. The maximum absolute atomic E-state index is 12.4. The number of hydrogen-bond acceptors (Lipinski definition) is 4. The van der Waals surface area contributed by atoms with Crippen molar-refractivity contribution in [2.75, 3.05) is 0 Å². The maximum atomic E-state index is 12.4. The van der Waals surface area contributed by atoms with Gasteiger partial charge in [-0.3, -0.25) is 9.59 Å². The highest BCUT2D eigenvalue weighted by Crippen LogP contribution is 2.27. The Morgan fingerprint density at radius 1 is 1.04 bits per heavy atom. The van der Waals surface area contributed by atoms with Crippen LogP contribution in [0.5, 0.6) is 0 Å². The smallest absolute Gasteiger partial charge is 0.408 e. The van der Waals surface area contributed by atoms with Gasteiger partial charge in [-0.25, -0.2) is 4.79 Å². The van der Waals surface area contributed by atoms with Gasteiger partial charge in [0, 0.05) is 18.4 Å².